The van der Waals surface area contributed by atoms with Crippen molar-refractivity contribution in [2.45, 2.75) is 39.5 Å². The van der Waals surface area contributed by atoms with E-state index in [1.807, 2.05) is 19.4 Å². The van der Waals surface area contributed by atoms with Crippen molar-refractivity contribution in [3.63, 3.8) is 0 Å². The van der Waals surface area contributed by atoms with E-state index >= 15 is 0 Å². The molecule has 0 aliphatic carbocycles. The third-order valence-electron chi connectivity index (χ3n) is 3.08. The Morgan fingerprint density at radius 2 is 1.89 bits per heavy atom. The molecule has 0 fully saturated rings. The van der Waals surface area contributed by atoms with E-state index in [0.717, 1.165) is 48.7 Å². The first-order valence-electron chi connectivity index (χ1n) is 6.86. The van der Waals surface area contributed by atoms with Crippen LogP contribution in [0.5, 0.6) is 0 Å². The molecule has 0 unspecified atom stereocenters. The second kappa shape index (κ2) is 6.31. The molecule has 0 amide bonds. The standard InChI is InChI=1S/C14H21N5/c1-4-6-11-13(15-3)17-10-18-14(11)19-9-8-16-12(19)7-5-2/h8-10H,4-7H2,1-3H3,(H,15,17,18). The van der Waals surface area contributed by atoms with E-state index in [0.29, 0.717) is 0 Å². The second-order valence-electron chi connectivity index (χ2n) is 4.49. The number of anilines is 1. The summed E-state index contributed by atoms with van der Waals surface area (Å²) < 4.78 is 2.08. The average Bonchev–Trinajstić information content (AvgIpc) is 2.88. The van der Waals surface area contributed by atoms with Gasteiger partial charge in [-0.25, -0.2) is 15.0 Å². The van der Waals surface area contributed by atoms with Gasteiger partial charge in [0.25, 0.3) is 0 Å². The number of hydrogen-bond donors (Lipinski definition) is 1. The molecule has 1 N–H and O–H groups in total. The molecule has 2 aromatic heterocycles. The summed E-state index contributed by atoms with van der Waals surface area (Å²) in [7, 11) is 1.89. The smallest absolute Gasteiger partial charge is 0.146 e. The summed E-state index contributed by atoms with van der Waals surface area (Å²) >= 11 is 0. The zero-order valence-electron chi connectivity index (χ0n) is 11.8. The number of hydrogen-bond acceptors (Lipinski definition) is 4. The normalized spacial score (nSPS) is 10.7. The third-order valence-corrected chi connectivity index (χ3v) is 3.08. The van der Waals surface area contributed by atoms with Crippen molar-refractivity contribution >= 4 is 5.82 Å². The fraction of sp³-hybridized carbons (Fsp3) is 0.500. The first kappa shape index (κ1) is 13.5. The van der Waals surface area contributed by atoms with Crippen molar-refractivity contribution < 1.29 is 0 Å². The molecule has 0 bridgehead atoms. The molecule has 19 heavy (non-hydrogen) atoms. The Labute approximate surface area is 114 Å². The molecule has 0 atom stereocenters. The predicted octanol–water partition coefficient (Wildman–Crippen LogP) is 2.61. The lowest BCUT2D eigenvalue weighted by Crippen LogP contribution is -2.10. The van der Waals surface area contributed by atoms with Crippen LogP contribution in [-0.2, 0) is 12.8 Å². The van der Waals surface area contributed by atoms with Crippen molar-refractivity contribution in [3.8, 4) is 5.82 Å². The van der Waals surface area contributed by atoms with Crippen LogP contribution in [0.2, 0.25) is 0 Å². The van der Waals surface area contributed by atoms with Gasteiger partial charge in [-0.1, -0.05) is 20.3 Å². The zero-order chi connectivity index (χ0) is 13.7. The molecule has 2 rings (SSSR count). The number of aromatic nitrogens is 4. The molecule has 0 radical (unpaired) electrons. The highest BCUT2D eigenvalue weighted by atomic mass is 15.1. The van der Waals surface area contributed by atoms with Crippen LogP contribution in [0, 0.1) is 0 Å². The first-order chi connectivity index (χ1) is 9.31. The topological polar surface area (TPSA) is 55.6 Å². The Morgan fingerprint density at radius 3 is 2.58 bits per heavy atom. The predicted molar refractivity (Wildman–Crippen MR) is 76.7 cm³/mol. The van der Waals surface area contributed by atoms with Crippen molar-refractivity contribution in [1.29, 1.82) is 0 Å². The summed E-state index contributed by atoms with van der Waals surface area (Å²) in [6.45, 7) is 4.32. The second-order valence-corrected chi connectivity index (χ2v) is 4.49. The van der Waals surface area contributed by atoms with Crippen LogP contribution in [0.15, 0.2) is 18.7 Å². The highest BCUT2D eigenvalue weighted by Crippen LogP contribution is 2.21. The number of nitrogens with zero attached hydrogens (tertiary/aromatic N) is 4. The molecular weight excluding hydrogens is 238 g/mol. The lowest BCUT2D eigenvalue weighted by atomic mass is 10.1. The lowest BCUT2D eigenvalue weighted by Gasteiger charge is -2.14. The highest BCUT2D eigenvalue weighted by molar-refractivity contribution is 5.52. The Kier molecular flexibility index (Phi) is 4.49. The largest absolute Gasteiger partial charge is 0.373 e. The summed E-state index contributed by atoms with van der Waals surface area (Å²) in [5.74, 6) is 2.91. The van der Waals surface area contributed by atoms with Crippen LogP contribution in [0.4, 0.5) is 5.82 Å². The molecule has 5 nitrogen and oxygen atoms in total. The zero-order valence-corrected chi connectivity index (χ0v) is 11.8. The molecule has 2 aromatic rings. The van der Waals surface area contributed by atoms with Gasteiger partial charge < -0.3 is 5.32 Å². The van der Waals surface area contributed by atoms with Gasteiger partial charge in [-0.2, -0.15) is 0 Å². The molecule has 0 saturated heterocycles. The van der Waals surface area contributed by atoms with E-state index in [1.54, 1.807) is 6.33 Å². The molecule has 0 saturated carbocycles. The minimum atomic E-state index is 0.906. The van der Waals surface area contributed by atoms with Gasteiger partial charge in [0, 0.05) is 31.4 Å². The monoisotopic (exact) mass is 259 g/mol. The molecule has 0 aliphatic heterocycles. The summed E-state index contributed by atoms with van der Waals surface area (Å²) in [5.41, 5.74) is 1.16. The van der Waals surface area contributed by atoms with E-state index in [2.05, 4.69) is 38.7 Å². The maximum absolute atomic E-state index is 4.46. The maximum Gasteiger partial charge on any atom is 0.146 e. The first-order valence-corrected chi connectivity index (χ1v) is 6.86. The van der Waals surface area contributed by atoms with Crippen molar-refractivity contribution in [3.05, 3.63) is 30.1 Å². The van der Waals surface area contributed by atoms with Gasteiger partial charge in [0.15, 0.2) is 0 Å². The van der Waals surface area contributed by atoms with Crippen LogP contribution >= 0.6 is 0 Å². The molecule has 102 valence electrons. The number of imidazole rings is 1. The lowest BCUT2D eigenvalue weighted by molar-refractivity contribution is 0.781. The third kappa shape index (κ3) is 2.75. The van der Waals surface area contributed by atoms with Crippen LogP contribution in [0.3, 0.4) is 0 Å². The van der Waals surface area contributed by atoms with Crippen molar-refractivity contribution in [1.82, 2.24) is 19.5 Å². The summed E-state index contributed by atoms with van der Waals surface area (Å²) in [4.78, 5) is 13.2. The van der Waals surface area contributed by atoms with E-state index in [1.165, 1.54) is 0 Å². The minimum Gasteiger partial charge on any atom is -0.373 e. The number of aryl methyl sites for hydroxylation is 1. The minimum absolute atomic E-state index is 0.906. The number of nitrogens with one attached hydrogen (secondary N) is 1. The van der Waals surface area contributed by atoms with Crippen LogP contribution < -0.4 is 5.32 Å². The van der Waals surface area contributed by atoms with E-state index in [9.17, 15) is 0 Å². The van der Waals surface area contributed by atoms with E-state index in [-0.39, 0.29) is 0 Å². The Bertz CT molecular complexity index is 532. The molecule has 0 spiro atoms. The van der Waals surface area contributed by atoms with Gasteiger partial charge in [-0.3, -0.25) is 4.57 Å². The fourth-order valence-electron chi connectivity index (χ4n) is 2.24. The van der Waals surface area contributed by atoms with Gasteiger partial charge in [0.05, 0.1) is 0 Å². The molecule has 5 heteroatoms. The van der Waals surface area contributed by atoms with Gasteiger partial charge >= 0.3 is 0 Å². The summed E-state index contributed by atoms with van der Waals surface area (Å²) in [6.07, 6.45) is 9.47. The quantitative estimate of drug-likeness (QED) is 0.866. The van der Waals surface area contributed by atoms with Crippen LogP contribution in [0.25, 0.3) is 5.82 Å². The Hall–Kier alpha value is -1.91. The Balaban J connectivity index is 2.51. The van der Waals surface area contributed by atoms with Crippen LogP contribution in [-0.4, -0.2) is 26.6 Å². The van der Waals surface area contributed by atoms with Gasteiger partial charge in [0.1, 0.15) is 23.8 Å². The fourth-order valence-corrected chi connectivity index (χ4v) is 2.24. The SMILES string of the molecule is CCCc1c(NC)ncnc1-n1ccnc1CCC. The van der Waals surface area contributed by atoms with Gasteiger partial charge in [0.2, 0.25) is 0 Å². The molecule has 0 aromatic carbocycles. The van der Waals surface area contributed by atoms with Crippen molar-refractivity contribution in [2.75, 3.05) is 12.4 Å². The maximum atomic E-state index is 4.46. The highest BCUT2D eigenvalue weighted by Gasteiger charge is 2.13. The number of rotatable bonds is 6. The van der Waals surface area contributed by atoms with E-state index < -0.39 is 0 Å². The average molecular weight is 259 g/mol. The van der Waals surface area contributed by atoms with Crippen molar-refractivity contribution in [2.24, 2.45) is 0 Å². The summed E-state index contributed by atoms with van der Waals surface area (Å²) in [5, 5.41) is 3.15. The van der Waals surface area contributed by atoms with E-state index in [4.69, 9.17) is 0 Å². The molecule has 0 aliphatic rings. The molecular formula is C14H21N5. The van der Waals surface area contributed by atoms with Gasteiger partial charge in [-0.05, 0) is 12.8 Å². The summed E-state index contributed by atoms with van der Waals surface area (Å²) in [6, 6.07) is 0. The van der Waals surface area contributed by atoms with Crippen LogP contribution in [0.1, 0.15) is 38.1 Å². The molecule has 2 heterocycles. The Morgan fingerprint density at radius 1 is 1.11 bits per heavy atom. The van der Waals surface area contributed by atoms with Gasteiger partial charge in [-0.15, -0.1) is 0 Å².